The predicted octanol–water partition coefficient (Wildman–Crippen LogP) is 4.17. The van der Waals surface area contributed by atoms with Gasteiger partial charge in [0.15, 0.2) is 0 Å². The van der Waals surface area contributed by atoms with E-state index in [2.05, 4.69) is 0 Å². The van der Waals surface area contributed by atoms with Crippen molar-refractivity contribution < 1.29 is 29.1 Å². The average Bonchev–Trinajstić information content (AvgIpc) is 3.38. The summed E-state index contributed by atoms with van der Waals surface area (Å²) in [7, 11) is 0. The first-order valence-electron chi connectivity index (χ1n) is 9.32. The zero-order valence-corrected chi connectivity index (χ0v) is 17.0. The van der Waals surface area contributed by atoms with E-state index in [1.54, 1.807) is 12.1 Å². The number of nitro benzene ring substituents is 1. The quantitative estimate of drug-likeness (QED) is 0.194. The van der Waals surface area contributed by atoms with Gasteiger partial charge in [0.25, 0.3) is 17.4 Å². The molecule has 2 heterocycles. The Balaban J connectivity index is 1.86. The standard InChI is InChI=1S/C22H15ClN2O7/c23-16-10-13(5-8-17(16)26)19-18(20(27)12-3-6-14(7-4-12)25(30)31)21(28)22(29)24(19)11-15-2-1-9-32-15/h1-10,19,26-27H,11H2/b20-18-. The molecule has 0 saturated carbocycles. The van der Waals surface area contributed by atoms with Gasteiger partial charge < -0.3 is 19.5 Å². The molecule has 32 heavy (non-hydrogen) atoms. The molecule has 0 spiro atoms. The molecule has 1 fully saturated rings. The summed E-state index contributed by atoms with van der Waals surface area (Å²) in [5, 5.41) is 31.6. The van der Waals surface area contributed by atoms with Crippen LogP contribution in [0.3, 0.4) is 0 Å². The third-order valence-electron chi connectivity index (χ3n) is 5.09. The molecule has 1 amide bonds. The topological polar surface area (TPSA) is 134 Å². The second-order valence-electron chi connectivity index (χ2n) is 7.02. The minimum Gasteiger partial charge on any atom is -0.507 e. The van der Waals surface area contributed by atoms with Gasteiger partial charge in [-0.25, -0.2) is 0 Å². The third-order valence-corrected chi connectivity index (χ3v) is 5.39. The number of likely N-dealkylation sites (tertiary alicyclic amines) is 1. The van der Waals surface area contributed by atoms with Crippen LogP contribution in [0.5, 0.6) is 5.75 Å². The molecular weight excluding hydrogens is 440 g/mol. The lowest BCUT2D eigenvalue weighted by molar-refractivity contribution is -0.384. The van der Waals surface area contributed by atoms with Crippen LogP contribution < -0.4 is 0 Å². The number of Topliss-reactive ketones (excluding diaryl/α,β-unsaturated/α-hetero) is 1. The molecule has 3 aromatic rings. The number of hydrogen-bond acceptors (Lipinski definition) is 7. The number of amides is 1. The molecule has 1 aliphatic rings. The number of non-ortho nitro benzene ring substituents is 1. The highest BCUT2D eigenvalue weighted by molar-refractivity contribution is 6.46. The minimum absolute atomic E-state index is 0.00132. The second-order valence-corrected chi connectivity index (χ2v) is 7.43. The third kappa shape index (κ3) is 3.69. The van der Waals surface area contributed by atoms with Crippen LogP contribution in [0.25, 0.3) is 5.76 Å². The lowest BCUT2D eigenvalue weighted by Crippen LogP contribution is -2.29. The number of aliphatic hydroxyl groups is 1. The molecule has 1 atom stereocenters. The van der Waals surface area contributed by atoms with Gasteiger partial charge in [-0.1, -0.05) is 17.7 Å². The van der Waals surface area contributed by atoms with Gasteiger partial charge >= 0.3 is 0 Å². The number of nitro groups is 1. The van der Waals surface area contributed by atoms with E-state index in [9.17, 15) is 29.9 Å². The maximum Gasteiger partial charge on any atom is 0.296 e. The van der Waals surface area contributed by atoms with Crippen LogP contribution >= 0.6 is 11.6 Å². The Morgan fingerprint density at radius 1 is 1.16 bits per heavy atom. The molecule has 10 heteroatoms. The van der Waals surface area contributed by atoms with E-state index >= 15 is 0 Å². The number of ketones is 1. The zero-order valence-electron chi connectivity index (χ0n) is 16.3. The Labute approximate surface area is 185 Å². The van der Waals surface area contributed by atoms with E-state index in [0.29, 0.717) is 11.3 Å². The number of phenolic OH excluding ortho intramolecular Hbond substituents is 1. The van der Waals surface area contributed by atoms with Gasteiger partial charge in [-0.05, 0) is 42.0 Å². The molecule has 1 unspecified atom stereocenters. The molecule has 1 aromatic heterocycles. The van der Waals surface area contributed by atoms with Crippen molar-refractivity contribution in [1.29, 1.82) is 0 Å². The van der Waals surface area contributed by atoms with Crippen molar-refractivity contribution in [3.05, 3.63) is 98.5 Å². The Kier molecular flexibility index (Phi) is 5.41. The summed E-state index contributed by atoms with van der Waals surface area (Å²) in [6.07, 6.45) is 1.43. The van der Waals surface area contributed by atoms with Crippen molar-refractivity contribution in [2.75, 3.05) is 0 Å². The fourth-order valence-electron chi connectivity index (χ4n) is 3.55. The van der Waals surface area contributed by atoms with Gasteiger partial charge in [-0.2, -0.15) is 0 Å². The summed E-state index contributed by atoms with van der Waals surface area (Å²) < 4.78 is 5.31. The van der Waals surface area contributed by atoms with Crippen LogP contribution in [0.1, 0.15) is 22.9 Å². The predicted molar refractivity (Wildman–Crippen MR) is 113 cm³/mol. The first-order chi connectivity index (χ1) is 15.3. The second kappa shape index (κ2) is 8.20. The normalized spacial score (nSPS) is 17.7. The number of halogens is 1. The maximum atomic E-state index is 12.9. The number of aliphatic hydroxyl groups excluding tert-OH is 1. The summed E-state index contributed by atoms with van der Waals surface area (Å²) >= 11 is 6.05. The molecule has 0 radical (unpaired) electrons. The van der Waals surface area contributed by atoms with Crippen LogP contribution in [0.2, 0.25) is 5.02 Å². The van der Waals surface area contributed by atoms with Crippen molar-refractivity contribution >= 4 is 34.7 Å². The number of phenols is 1. The Hall–Kier alpha value is -4.11. The molecule has 0 aliphatic carbocycles. The van der Waals surface area contributed by atoms with E-state index < -0.39 is 28.4 Å². The van der Waals surface area contributed by atoms with Crippen molar-refractivity contribution in [2.45, 2.75) is 12.6 Å². The van der Waals surface area contributed by atoms with Crippen LogP contribution in [0.4, 0.5) is 5.69 Å². The van der Waals surface area contributed by atoms with Gasteiger partial charge in [0.05, 0.1) is 34.4 Å². The fraction of sp³-hybridized carbons (Fsp3) is 0.0909. The van der Waals surface area contributed by atoms with Crippen LogP contribution in [-0.4, -0.2) is 31.7 Å². The van der Waals surface area contributed by atoms with Gasteiger partial charge in [0.1, 0.15) is 17.3 Å². The summed E-state index contributed by atoms with van der Waals surface area (Å²) in [5.74, 6) is -2.05. The van der Waals surface area contributed by atoms with E-state index in [0.717, 1.165) is 0 Å². The van der Waals surface area contributed by atoms with E-state index in [1.807, 2.05) is 0 Å². The SMILES string of the molecule is O=C1C(=O)N(Cc2ccco2)C(c2ccc(O)c(Cl)c2)/C1=C(/O)c1ccc([N+](=O)[O-])cc1. The number of carbonyl (C=O) groups excluding carboxylic acids is 2. The number of nitrogens with zero attached hydrogens (tertiary/aromatic N) is 2. The molecule has 2 N–H and O–H groups in total. The largest absolute Gasteiger partial charge is 0.507 e. The van der Waals surface area contributed by atoms with Gasteiger partial charge in [0, 0.05) is 17.7 Å². The maximum absolute atomic E-state index is 12.9. The molecule has 1 aliphatic heterocycles. The van der Waals surface area contributed by atoms with Gasteiger partial charge in [0.2, 0.25) is 0 Å². The monoisotopic (exact) mass is 454 g/mol. The number of carbonyl (C=O) groups is 2. The Bertz CT molecular complexity index is 1250. The molecule has 9 nitrogen and oxygen atoms in total. The van der Waals surface area contributed by atoms with Crippen LogP contribution in [0.15, 0.2) is 70.9 Å². The van der Waals surface area contributed by atoms with E-state index in [-0.39, 0.29) is 34.1 Å². The summed E-state index contributed by atoms with van der Waals surface area (Å²) in [5.41, 5.74) is 0.0994. The first-order valence-corrected chi connectivity index (χ1v) is 9.69. The zero-order chi connectivity index (χ0) is 23.0. The number of furan rings is 1. The molecular formula is C22H15ClN2O7. The summed E-state index contributed by atoms with van der Waals surface area (Å²) in [6, 6.07) is 11.4. The molecule has 1 saturated heterocycles. The highest BCUT2D eigenvalue weighted by atomic mass is 35.5. The van der Waals surface area contributed by atoms with E-state index in [4.69, 9.17) is 16.0 Å². The molecule has 2 aromatic carbocycles. The van der Waals surface area contributed by atoms with Crippen molar-refractivity contribution in [1.82, 2.24) is 4.90 Å². The van der Waals surface area contributed by atoms with Crippen molar-refractivity contribution in [3.8, 4) is 5.75 Å². The molecule has 162 valence electrons. The van der Waals surface area contributed by atoms with Gasteiger partial charge in [-0.3, -0.25) is 19.7 Å². The fourth-order valence-corrected chi connectivity index (χ4v) is 3.74. The smallest absolute Gasteiger partial charge is 0.296 e. The van der Waals surface area contributed by atoms with Gasteiger partial charge in [-0.15, -0.1) is 0 Å². The molecule has 0 bridgehead atoms. The Morgan fingerprint density at radius 2 is 1.88 bits per heavy atom. The van der Waals surface area contributed by atoms with Crippen LogP contribution in [-0.2, 0) is 16.1 Å². The minimum atomic E-state index is -1.03. The molecule has 4 rings (SSSR count). The number of benzene rings is 2. The first kappa shape index (κ1) is 21.1. The van der Waals surface area contributed by atoms with Crippen molar-refractivity contribution in [3.63, 3.8) is 0 Å². The van der Waals surface area contributed by atoms with E-state index in [1.165, 1.54) is 53.6 Å². The lowest BCUT2D eigenvalue weighted by Gasteiger charge is -2.24. The number of rotatable bonds is 5. The number of aromatic hydroxyl groups is 1. The average molecular weight is 455 g/mol. The summed E-state index contributed by atoms with van der Waals surface area (Å²) in [6.45, 7) is -0.0578. The Morgan fingerprint density at radius 3 is 2.47 bits per heavy atom. The highest BCUT2D eigenvalue weighted by Crippen LogP contribution is 2.42. The highest BCUT2D eigenvalue weighted by Gasteiger charge is 2.46. The number of hydrogen-bond donors (Lipinski definition) is 2. The summed E-state index contributed by atoms with van der Waals surface area (Å²) in [4.78, 5) is 37.4. The lowest BCUT2D eigenvalue weighted by atomic mass is 9.95. The van der Waals surface area contributed by atoms with Crippen LogP contribution in [0, 0.1) is 10.1 Å². The van der Waals surface area contributed by atoms with Crippen molar-refractivity contribution in [2.24, 2.45) is 0 Å².